The van der Waals surface area contributed by atoms with Crippen LogP contribution in [0.4, 0.5) is 5.69 Å². The molecule has 0 fully saturated rings. The van der Waals surface area contributed by atoms with E-state index in [2.05, 4.69) is 20.6 Å². The predicted molar refractivity (Wildman–Crippen MR) is 115 cm³/mol. The van der Waals surface area contributed by atoms with Crippen molar-refractivity contribution in [3.05, 3.63) is 84.6 Å². The molecule has 7 nitrogen and oxygen atoms in total. The maximum atomic E-state index is 12.5. The van der Waals surface area contributed by atoms with Gasteiger partial charge in [-0.05, 0) is 30.3 Å². The molecule has 0 aliphatic carbocycles. The van der Waals surface area contributed by atoms with Crippen molar-refractivity contribution in [2.24, 2.45) is 0 Å². The molecule has 0 unspecified atom stereocenters. The van der Waals surface area contributed by atoms with E-state index in [-0.39, 0.29) is 24.1 Å². The molecule has 0 aliphatic heterocycles. The summed E-state index contributed by atoms with van der Waals surface area (Å²) < 4.78 is 5.22. The van der Waals surface area contributed by atoms with Gasteiger partial charge in [-0.1, -0.05) is 42.1 Å². The van der Waals surface area contributed by atoms with Crippen LogP contribution in [0.5, 0.6) is 0 Å². The normalized spacial score (nSPS) is 10.7. The Hall–Kier alpha value is -3.65. The predicted octanol–water partition coefficient (Wildman–Crippen LogP) is 3.88. The number of rotatable bonds is 7. The van der Waals surface area contributed by atoms with Crippen LogP contribution in [0, 0.1) is 0 Å². The summed E-state index contributed by atoms with van der Waals surface area (Å²) >= 11 is 1.32. The summed E-state index contributed by atoms with van der Waals surface area (Å²) in [6, 6.07) is 18.1. The number of hydrogen-bond donors (Lipinski definition) is 2. The summed E-state index contributed by atoms with van der Waals surface area (Å²) in [4.78, 5) is 33.6. The van der Waals surface area contributed by atoms with Crippen molar-refractivity contribution in [2.45, 2.75) is 11.6 Å². The lowest BCUT2D eigenvalue weighted by Gasteiger charge is -2.11. The molecule has 0 bridgehead atoms. The molecule has 2 amide bonds. The van der Waals surface area contributed by atoms with Crippen LogP contribution in [-0.4, -0.2) is 27.5 Å². The van der Waals surface area contributed by atoms with Gasteiger partial charge in [0.1, 0.15) is 17.1 Å². The fraction of sp³-hybridized carbons (Fsp3) is 0.0909. The highest BCUT2D eigenvalue weighted by molar-refractivity contribution is 8.00. The number of amides is 2. The summed E-state index contributed by atoms with van der Waals surface area (Å²) in [5.41, 5.74) is 1.66. The zero-order valence-electron chi connectivity index (χ0n) is 15.9. The van der Waals surface area contributed by atoms with Gasteiger partial charge in [0.2, 0.25) is 5.91 Å². The molecule has 8 heteroatoms. The molecular formula is C22H18N4O3S. The molecule has 2 aromatic carbocycles. The molecule has 4 aromatic rings. The quantitative estimate of drug-likeness (QED) is 0.349. The fourth-order valence-corrected chi connectivity index (χ4v) is 3.67. The van der Waals surface area contributed by atoms with Crippen LogP contribution < -0.4 is 10.6 Å². The van der Waals surface area contributed by atoms with Crippen molar-refractivity contribution < 1.29 is 14.0 Å². The second-order valence-electron chi connectivity index (χ2n) is 6.34. The van der Waals surface area contributed by atoms with Gasteiger partial charge in [0.15, 0.2) is 0 Å². The first-order valence-electron chi connectivity index (χ1n) is 9.23. The van der Waals surface area contributed by atoms with Gasteiger partial charge in [-0.2, -0.15) is 0 Å². The Labute approximate surface area is 176 Å². The SMILES string of the molecule is O=C(CSc1ncnc2ccccc12)Nc1ccccc1C(=O)NCc1ccco1. The maximum absolute atomic E-state index is 12.5. The van der Waals surface area contributed by atoms with E-state index in [1.807, 2.05) is 24.3 Å². The number of nitrogens with one attached hydrogen (secondary N) is 2. The molecule has 2 aromatic heterocycles. The molecule has 2 N–H and O–H groups in total. The molecule has 0 saturated carbocycles. The molecule has 30 heavy (non-hydrogen) atoms. The standard InChI is InChI=1S/C22H18N4O3S/c27-20(13-30-22-17-8-2-3-9-18(17)24-14-25-22)26-19-10-4-1-7-16(19)21(28)23-12-15-6-5-11-29-15/h1-11,14H,12-13H2,(H,23,28)(H,26,27). The van der Waals surface area contributed by atoms with E-state index in [1.165, 1.54) is 18.1 Å². The molecule has 0 saturated heterocycles. The van der Waals surface area contributed by atoms with Gasteiger partial charge in [-0.25, -0.2) is 9.97 Å². The average Bonchev–Trinajstić information content (AvgIpc) is 3.30. The highest BCUT2D eigenvalue weighted by Gasteiger charge is 2.14. The first-order valence-corrected chi connectivity index (χ1v) is 10.2. The van der Waals surface area contributed by atoms with Gasteiger partial charge in [-0.3, -0.25) is 9.59 Å². The zero-order valence-corrected chi connectivity index (χ0v) is 16.7. The van der Waals surface area contributed by atoms with E-state index in [1.54, 1.807) is 42.7 Å². The molecular weight excluding hydrogens is 400 g/mol. The van der Waals surface area contributed by atoms with Gasteiger partial charge in [0, 0.05) is 5.39 Å². The van der Waals surface area contributed by atoms with Crippen molar-refractivity contribution in [1.29, 1.82) is 0 Å². The number of benzene rings is 2. The molecule has 0 aliphatic rings. The van der Waals surface area contributed by atoms with Gasteiger partial charge < -0.3 is 15.1 Å². The Morgan fingerprint density at radius 1 is 0.967 bits per heavy atom. The summed E-state index contributed by atoms with van der Waals surface area (Å²) in [6.07, 6.45) is 3.04. The van der Waals surface area contributed by atoms with Crippen molar-refractivity contribution in [2.75, 3.05) is 11.1 Å². The number of fused-ring (bicyclic) bond motifs is 1. The number of furan rings is 1. The van der Waals surface area contributed by atoms with Gasteiger partial charge in [0.25, 0.3) is 5.91 Å². The van der Waals surface area contributed by atoms with Crippen LogP contribution >= 0.6 is 11.8 Å². The smallest absolute Gasteiger partial charge is 0.253 e. The van der Waals surface area contributed by atoms with E-state index >= 15 is 0 Å². The Morgan fingerprint density at radius 2 is 1.80 bits per heavy atom. The first kappa shape index (κ1) is 19.7. The van der Waals surface area contributed by atoms with Crippen LogP contribution in [0.25, 0.3) is 10.9 Å². The summed E-state index contributed by atoms with van der Waals surface area (Å²) in [5.74, 6) is 0.285. The lowest BCUT2D eigenvalue weighted by Crippen LogP contribution is -2.25. The number of carbonyl (C=O) groups is 2. The molecule has 2 heterocycles. The van der Waals surface area contributed by atoms with E-state index in [0.717, 1.165) is 15.9 Å². The monoisotopic (exact) mass is 418 g/mol. The van der Waals surface area contributed by atoms with Crippen molar-refractivity contribution in [3.8, 4) is 0 Å². The van der Waals surface area contributed by atoms with E-state index in [0.29, 0.717) is 17.0 Å². The highest BCUT2D eigenvalue weighted by Crippen LogP contribution is 2.24. The first-order chi connectivity index (χ1) is 14.7. The van der Waals surface area contributed by atoms with Crippen LogP contribution in [0.3, 0.4) is 0 Å². The maximum Gasteiger partial charge on any atom is 0.253 e. The van der Waals surface area contributed by atoms with E-state index in [4.69, 9.17) is 4.42 Å². The number of carbonyl (C=O) groups excluding carboxylic acids is 2. The van der Waals surface area contributed by atoms with Crippen molar-refractivity contribution in [1.82, 2.24) is 15.3 Å². The Kier molecular flexibility index (Phi) is 6.05. The second kappa shape index (κ2) is 9.23. The zero-order chi connectivity index (χ0) is 20.8. The van der Waals surface area contributed by atoms with Crippen LogP contribution in [0.1, 0.15) is 16.1 Å². The highest BCUT2D eigenvalue weighted by atomic mass is 32.2. The van der Waals surface area contributed by atoms with Crippen LogP contribution in [0.2, 0.25) is 0 Å². The minimum Gasteiger partial charge on any atom is -0.467 e. The van der Waals surface area contributed by atoms with Crippen molar-refractivity contribution >= 4 is 40.2 Å². The van der Waals surface area contributed by atoms with Crippen LogP contribution in [-0.2, 0) is 11.3 Å². The Balaban J connectivity index is 1.40. The average molecular weight is 418 g/mol. The minimum absolute atomic E-state index is 0.156. The van der Waals surface area contributed by atoms with Gasteiger partial charge >= 0.3 is 0 Å². The Morgan fingerprint density at radius 3 is 2.67 bits per heavy atom. The molecule has 150 valence electrons. The number of thioether (sulfide) groups is 1. The third-order valence-corrected chi connectivity index (χ3v) is 5.30. The Bertz CT molecular complexity index is 1170. The number of nitrogens with zero attached hydrogens (tertiary/aromatic N) is 2. The van der Waals surface area contributed by atoms with E-state index < -0.39 is 0 Å². The summed E-state index contributed by atoms with van der Waals surface area (Å²) in [5, 5.41) is 7.24. The van der Waals surface area contributed by atoms with Crippen LogP contribution in [0.15, 0.2) is 82.7 Å². The largest absolute Gasteiger partial charge is 0.467 e. The topological polar surface area (TPSA) is 97.1 Å². The van der Waals surface area contributed by atoms with Gasteiger partial charge in [-0.15, -0.1) is 0 Å². The lowest BCUT2D eigenvalue weighted by atomic mass is 10.1. The molecule has 0 spiro atoms. The summed E-state index contributed by atoms with van der Waals surface area (Å²) in [7, 11) is 0. The number of aromatic nitrogens is 2. The van der Waals surface area contributed by atoms with E-state index in [9.17, 15) is 9.59 Å². The number of anilines is 1. The molecule has 0 radical (unpaired) electrons. The lowest BCUT2D eigenvalue weighted by molar-refractivity contribution is -0.113. The number of hydrogen-bond acceptors (Lipinski definition) is 6. The van der Waals surface area contributed by atoms with Crippen molar-refractivity contribution in [3.63, 3.8) is 0 Å². The third-order valence-electron chi connectivity index (χ3n) is 4.30. The van der Waals surface area contributed by atoms with Gasteiger partial charge in [0.05, 0.1) is 35.3 Å². The minimum atomic E-state index is -0.295. The summed E-state index contributed by atoms with van der Waals surface area (Å²) in [6.45, 7) is 0.269. The third kappa shape index (κ3) is 4.66. The second-order valence-corrected chi connectivity index (χ2v) is 7.30. The molecule has 4 rings (SSSR count). The fourth-order valence-electron chi connectivity index (χ4n) is 2.88. The number of para-hydroxylation sites is 2. The molecule has 0 atom stereocenters.